The van der Waals surface area contributed by atoms with Gasteiger partial charge in [-0.25, -0.2) is 0 Å². The lowest BCUT2D eigenvalue weighted by atomic mass is 9.69. The summed E-state index contributed by atoms with van der Waals surface area (Å²) >= 11 is 5.96. The summed E-state index contributed by atoms with van der Waals surface area (Å²) in [7, 11) is 0. The number of hydrogen-bond acceptors (Lipinski definition) is 3. The smallest absolute Gasteiger partial charge is 0.311 e. The Morgan fingerprint density at radius 2 is 1.91 bits per heavy atom. The second-order valence-corrected chi connectivity index (χ2v) is 7.11. The highest BCUT2D eigenvalue weighted by Gasteiger charge is 2.59. The number of hydrogen-bond donors (Lipinski definition) is 0. The van der Waals surface area contributed by atoms with E-state index < -0.39 is 0 Å². The fraction of sp³-hybridized carbons (Fsp3) is 0.556. The first kappa shape index (κ1) is 16.3. The number of halogens is 1. The zero-order chi connectivity index (χ0) is 16.7. The van der Waals surface area contributed by atoms with Gasteiger partial charge in [-0.1, -0.05) is 25.4 Å². The van der Waals surface area contributed by atoms with Gasteiger partial charge in [0.15, 0.2) is 0 Å². The second kappa shape index (κ2) is 6.16. The molecule has 0 aromatic heterocycles. The zero-order valence-corrected chi connectivity index (χ0v) is 14.4. The Balaban J connectivity index is 2.03. The molecular formula is C18H22ClNO3. The minimum Gasteiger partial charge on any atom is -0.466 e. The van der Waals surface area contributed by atoms with Crippen LogP contribution in [0.25, 0.3) is 0 Å². The van der Waals surface area contributed by atoms with Crippen LogP contribution >= 0.6 is 11.6 Å². The van der Waals surface area contributed by atoms with E-state index in [1.165, 1.54) is 0 Å². The number of esters is 1. The molecule has 1 aromatic rings. The lowest BCUT2D eigenvalue weighted by molar-refractivity contribution is -0.153. The molecule has 5 unspecified atom stereocenters. The molecule has 1 aliphatic carbocycles. The van der Waals surface area contributed by atoms with Crippen LogP contribution in [0.4, 0.5) is 5.69 Å². The van der Waals surface area contributed by atoms with E-state index in [1.807, 2.05) is 12.1 Å². The summed E-state index contributed by atoms with van der Waals surface area (Å²) in [4.78, 5) is 27.3. The highest BCUT2D eigenvalue weighted by Crippen LogP contribution is 2.49. The summed E-state index contributed by atoms with van der Waals surface area (Å²) in [6.07, 6.45) is 0.946. The van der Waals surface area contributed by atoms with Crippen molar-refractivity contribution < 1.29 is 14.3 Å². The van der Waals surface area contributed by atoms with E-state index in [1.54, 1.807) is 24.0 Å². The van der Waals surface area contributed by atoms with Gasteiger partial charge in [-0.3, -0.25) is 9.59 Å². The van der Waals surface area contributed by atoms with Crippen LogP contribution in [0, 0.1) is 23.7 Å². The van der Waals surface area contributed by atoms with E-state index in [4.69, 9.17) is 16.3 Å². The largest absolute Gasteiger partial charge is 0.466 e. The van der Waals surface area contributed by atoms with E-state index in [0.29, 0.717) is 11.6 Å². The molecule has 124 valence electrons. The van der Waals surface area contributed by atoms with Crippen LogP contribution in [0.15, 0.2) is 24.3 Å². The Hall–Kier alpha value is -1.55. The van der Waals surface area contributed by atoms with E-state index in [2.05, 4.69) is 13.8 Å². The Morgan fingerprint density at radius 3 is 2.52 bits per heavy atom. The van der Waals surface area contributed by atoms with Crippen LogP contribution in [0.1, 0.15) is 27.2 Å². The molecule has 1 saturated carbocycles. The summed E-state index contributed by atoms with van der Waals surface area (Å²) in [5, 5.41) is 0.631. The molecule has 2 fully saturated rings. The van der Waals surface area contributed by atoms with Crippen LogP contribution in [0.5, 0.6) is 0 Å². The maximum absolute atomic E-state index is 13.0. The number of rotatable bonds is 3. The molecule has 5 heteroatoms. The number of carbonyl (C=O) groups is 2. The standard InChI is InChI=1S/C18H22ClNO3/c1-4-23-18(22)15-14-10(2)9-11(3)16(15)20(17(14)21)13-7-5-12(19)6-8-13/h5-8,10-11,14-16H,4,9H2,1-3H3. The Kier molecular flexibility index (Phi) is 4.37. The van der Waals surface area contributed by atoms with Gasteiger partial charge in [-0.05, 0) is 49.4 Å². The SMILES string of the molecule is CCOC(=O)C1C2C(=O)N(c3ccc(Cl)cc3)C1C(C)CC2C. The first-order valence-corrected chi connectivity index (χ1v) is 8.58. The summed E-state index contributed by atoms with van der Waals surface area (Å²) < 4.78 is 5.27. The molecule has 4 nitrogen and oxygen atoms in total. The van der Waals surface area contributed by atoms with Crippen LogP contribution in [-0.2, 0) is 14.3 Å². The molecule has 1 amide bonds. The second-order valence-electron chi connectivity index (χ2n) is 6.67. The van der Waals surface area contributed by atoms with Gasteiger partial charge in [0.25, 0.3) is 0 Å². The summed E-state index contributed by atoms with van der Waals surface area (Å²) in [6.45, 7) is 6.32. The normalized spacial score (nSPS) is 33.0. The van der Waals surface area contributed by atoms with Crippen molar-refractivity contribution in [2.75, 3.05) is 11.5 Å². The van der Waals surface area contributed by atoms with Crippen LogP contribution in [0.2, 0.25) is 5.02 Å². The topological polar surface area (TPSA) is 46.6 Å². The summed E-state index contributed by atoms with van der Waals surface area (Å²) in [6, 6.07) is 7.12. The van der Waals surface area contributed by atoms with Crippen LogP contribution in [-0.4, -0.2) is 24.5 Å². The summed E-state index contributed by atoms with van der Waals surface area (Å²) in [5.74, 6) is -0.445. The van der Waals surface area contributed by atoms with Crippen LogP contribution in [0.3, 0.4) is 0 Å². The Bertz CT molecular complexity index is 615. The van der Waals surface area contributed by atoms with E-state index in [0.717, 1.165) is 12.1 Å². The lowest BCUT2D eigenvalue weighted by Crippen LogP contribution is -2.45. The van der Waals surface area contributed by atoms with Gasteiger partial charge < -0.3 is 9.64 Å². The average Bonchev–Trinajstić information content (AvgIpc) is 2.77. The van der Waals surface area contributed by atoms with Gasteiger partial charge in [-0.2, -0.15) is 0 Å². The van der Waals surface area contributed by atoms with Crippen molar-refractivity contribution >= 4 is 29.2 Å². The molecule has 1 aliphatic heterocycles. The first-order valence-electron chi connectivity index (χ1n) is 8.21. The number of nitrogens with zero attached hydrogens (tertiary/aromatic N) is 1. The third kappa shape index (κ3) is 2.63. The van der Waals surface area contributed by atoms with Gasteiger partial charge in [-0.15, -0.1) is 0 Å². The van der Waals surface area contributed by atoms with Crippen molar-refractivity contribution in [2.24, 2.45) is 23.7 Å². The monoisotopic (exact) mass is 335 g/mol. The zero-order valence-electron chi connectivity index (χ0n) is 13.7. The van der Waals surface area contributed by atoms with Crippen molar-refractivity contribution in [1.29, 1.82) is 0 Å². The molecule has 0 radical (unpaired) electrons. The molecule has 2 aliphatic rings. The molecule has 0 spiro atoms. The minimum atomic E-state index is -0.378. The maximum atomic E-state index is 13.0. The Morgan fingerprint density at radius 1 is 1.26 bits per heavy atom. The molecule has 1 saturated heterocycles. The fourth-order valence-corrected chi connectivity index (χ4v) is 4.46. The third-order valence-electron chi connectivity index (χ3n) is 5.18. The van der Waals surface area contributed by atoms with Gasteiger partial charge in [0, 0.05) is 10.7 Å². The first-order chi connectivity index (χ1) is 11.0. The van der Waals surface area contributed by atoms with Gasteiger partial charge in [0.2, 0.25) is 5.91 Å². The molecule has 2 bridgehead atoms. The van der Waals surface area contributed by atoms with E-state index in [9.17, 15) is 9.59 Å². The van der Waals surface area contributed by atoms with E-state index >= 15 is 0 Å². The molecule has 1 aromatic carbocycles. The minimum absolute atomic E-state index is 0.0345. The highest BCUT2D eigenvalue weighted by atomic mass is 35.5. The molecule has 3 rings (SSSR count). The third-order valence-corrected chi connectivity index (χ3v) is 5.43. The predicted molar refractivity (Wildman–Crippen MR) is 89.3 cm³/mol. The molecular weight excluding hydrogens is 314 g/mol. The molecule has 1 heterocycles. The number of amides is 1. The molecule has 0 N–H and O–H groups in total. The van der Waals surface area contributed by atoms with Gasteiger partial charge in [0.1, 0.15) is 0 Å². The van der Waals surface area contributed by atoms with Crippen molar-refractivity contribution in [3.05, 3.63) is 29.3 Å². The maximum Gasteiger partial charge on any atom is 0.311 e. The van der Waals surface area contributed by atoms with Crippen molar-refractivity contribution in [3.8, 4) is 0 Å². The van der Waals surface area contributed by atoms with E-state index in [-0.39, 0.29) is 41.6 Å². The number of fused-ring (bicyclic) bond motifs is 2. The van der Waals surface area contributed by atoms with Crippen molar-refractivity contribution in [2.45, 2.75) is 33.2 Å². The Labute approximate surface area is 141 Å². The quantitative estimate of drug-likeness (QED) is 0.794. The fourth-order valence-electron chi connectivity index (χ4n) is 4.34. The number of anilines is 1. The number of benzene rings is 1. The average molecular weight is 336 g/mol. The number of carbonyl (C=O) groups excluding carboxylic acids is 2. The molecule has 23 heavy (non-hydrogen) atoms. The molecule has 5 atom stereocenters. The highest BCUT2D eigenvalue weighted by molar-refractivity contribution is 6.30. The number of ether oxygens (including phenoxy) is 1. The lowest BCUT2D eigenvalue weighted by Gasteiger charge is -2.37. The van der Waals surface area contributed by atoms with Crippen LogP contribution < -0.4 is 4.90 Å². The predicted octanol–water partition coefficient (Wildman–Crippen LogP) is 3.53. The van der Waals surface area contributed by atoms with Crippen molar-refractivity contribution in [1.82, 2.24) is 0 Å². The van der Waals surface area contributed by atoms with Crippen molar-refractivity contribution in [3.63, 3.8) is 0 Å². The van der Waals surface area contributed by atoms with Gasteiger partial charge in [0.05, 0.1) is 24.5 Å². The van der Waals surface area contributed by atoms with Gasteiger partial charge >= 0.3 is 5.97 Å². The summed E-state index contributed by atoms with van der Waals surface area (Å²) in [5.41, 5.74) is 0.808.